The Kier molecular flexibility index (Phi) is 5.46. The lowest BCUT2D eigenvalue weighted by atomic mass is 9.90. The topological polar surface area (TPSA) is 150 Å². The first-order valence-electron chi connectivity index (χ1n) is 10.3. The minimum absolute atomic E-state index is 0.0499. The van der Waals surface area contributed by atoms with Gasteiger partial charge in [-0.1, -0.05) is 13.8 Å². The molecule has 0 bridgehead atoms. The van der Waals surface area contributed by atoms with E-state index in [1.165, 1.54) is 13.1 Å². The van der Waals surface area contributed by atoms with Crippen molar-refractivity contribution in [2.75, 3.05) is 11.9 Å². The van der Waals surface area contributed by atoms with Gasteiger partial charge in [-0.2, -0.15) is 0 Å². The average Bonchev–Trinajstić information content (AvgIpc) is 3.41. The predicted octanol–water partition coefficient (Wildman–Crippen LogP) is 1.44. The second-order valence-corrected chi connectivity index (χ2v) is 12.5. The van der Waals surface area contributed by atoms with Gasteiger partial charge in [-0.15, -0.1) is 11.3 Å². The molecule has 0 spiro atoms. The summed E-state index contributed by atoms with van der Waals surface area (Å²) in [6.07, 6.45) is 5.77. The van der Waals surface area contributed by atoms with Gasteiger partial charge in [0.15, 0.2) is 0 Å². The fourth-order valence-corrected chi connectivity index (χ4v) is 6.55. The average molecular weight is 468 g/mol. The third-order valence-corrected chi connectivity index (χ3v) is 9.51. The zero-order valence-electron chi connectivity index (χ0n) is 17.9. The van der Waals surface area contributed by atoms with E-state index in [1.807, 2.05) is 0 Å². The van der Waals surface area contributed by atoms with Gasteiger partial charge >= 0.3 is 6.03 Å². The van der Waals surface area contributed by atoms with Crippen molar-refractivity contribution in [3.05, 3.63) is 33.7 Å². The summed E-state index contributed by atoms with van der Waals surface area (Å²) < 4.78 is 15.6. The zero-order chi connectivity index (χ0) is 22.6. The first-order chi connectivity index (χ1) is 14.4. The van der Waals surface area contributed by atoms with Gasteiger partial charge in [0.1, 0.15) is 14.8 Å². The molecular weight excluding hydrogens is 438 g/mol. The van der Waals surface area contributed by atoms with Crippen LogP contribution in [0, 0.1) is 0 Å². The zero-order valence-corrected chi connectivity index (χ0v) is 19.6. The molecule has 0 aliphatic heterocycles. The molecule has 2 aliphatic rings. The van der Waals surface area contributed by atoms with Crippen LogP contribution in [-0.2, 0) is 40.6 Å². The normalized spacial score (nSPS) is 19.4. The smallest absolute Gasteiger partial charge is 0.330 e. The molecule has 9 nitrogen and oxygen atoms in total. The third kappa shape index (κ3) is 4.00. The van der Waals surface area contributed by atoms with Crippen LogP contribution in [0.1, 0.15) is 61.1 Å². The lowest BCUT2D eigenvalue weighted by Crippen LogP contribution is -2.44. The van der Waals surface area contributed by atoms with Crippen molar-refractivity contribution >= 4 is 33.4 Å². The highest BCUT2D eigenvalue weighted by molar-refractivity contribution is 8.01. The first kappa shape index (κ1) is 22.3. The Hall–Kier alpha value is -1.92. The maximum atomic E-state index is 13.0. The number of aryl methyl sites for hydroxylation is 1. The van der Waals surface area contributed by atoms with E-state index in [9.17, 15) is 19.2 Å². The number of hydrogen-bond acceptors (Lipinski definition) is 7. The molecule has 0 saturated carbocycles. The molecule has 2 aliphatic carbocycles. The summed E-state index contributed by atoms with van der Waals surface area (Å²) in [5, 5.41) is 28.5. The van der Waals surface area contributed by atoms with Gasteiger partial charge in [0.2, 0.25) is 0 Å². The standard InChI is InChI=1S/C20H29N5O4S2/c1-19(2)8-7-12-15(11-5-4-6-13(11)23-16(12)19)24-18(27)25-31(21,29)14-9-22-17(30-14)20(3,28)10-26/h9,26,28,31H,4-8,10H2,1-3H3,(H4,21,23,24,25,27,29). The van der Waals surface area contributed by atoms with Gasteiger partial charge in [0, 0.05) is 21.4 Å². The summed E-state index contributed by atoms with van der Waals surface area (Å²) >= 11 is 0.898. The van der Waals surface area contributed by atoms with E-state index in [4.69, 9.17) is 10.1 Å². The molecule has 2 aromatic rings. The van der Waals surface area contributed by atoms with Crippen LogP contribution in [0.15, 0.2) is 10.4 Å². The van der Waals surface area contributed by atoms with Crippen LogP contribution >= 0.6 is 11.3 Å². The van der Waals surface area contributed by atoms with E-state index >= 15 is 0 Å². The molecule has 0 radical (unpaired) electrons. The number of anilines is 1. The van der Waals surface area contributed by atoms with Crippen molar-refractivity contribution in [3.63, 3.8) is 0 Å². The van der Waals surface area contributed by atoms with Gasteiger partial charge in [-0.3, -0.25) is 14.8 Å². The third-order valence-electron chi connectivity index (χ3n) is 6.06. The molecule has 6 N–H and O–H groups in total. The number of fused-ring (bicyclic) bond motifs is 2. The van der Waals surface area contributed by atoms with Gasteiger partial charge < -0.3 is 15.5 Å². The quantitative estimate of drug-likeness (QED) is 0.366. The molecule has 31 heavy (non-hydrogen) atoms. The molecule has 1 unspecified atom stereocenters. The van der Waals surface area contributed by atoms with E-state index in [0.29, 0.717) is 0 Å². The van der Waals surface area contributed by atoms with Crippen LogP contribution in [0.4, 0.5) is 10.5 Å². The molecular formula is C20H29N5O4S2. The Labute approximate surface area is 186 Å². The van der Waals surface area contributed by atoms with Crippen molar-refractivity contribution in [1.29, 1.82) is 0 Å². The van der Waals surface area contributed by atoms with Gasteiger partial charge in [0.05, 0.1) is 24.2 Å². The number of rotatable bonds is 5. The summed E-state index contributed by atoms with van der Waals surface area (Å²) in [6, 6.07) is -0.651. The Morgan fingerprint density at radius 3 is 2.81 bits per heavy atom. The summed E-state index contributed by atoms with van der Waals surface area (Å²) in [6.45, 7) is 5.17. The number of thiol groups is 1. The maximum Gasteiger partial charge on any atom is 0.330 e. The number of carbonyl (C=O) groups excluding carboxylic acids is 1. The first-order valence-corrected chi connectivity index (χ1v) is 12.9. The van der Waals surface area contributed by atoms with Crippen molar-refractivity contribution in [3.8, 4) is 0 Å². The Balaban J connectivity index is 1.58. The number of aliphatic hydroxyl groups is 2. The molecule has 2 amide bonds. The number of aromatic nitrogens is 2. The van der Waals surface area contributed by atoms with Crippen LogP contribution in [0.5, 0.6) is 0 Å². The second kappa shape index (κ2) is 7.59. The molecule has 0 fully saturated rings. The molecule has 0 aromatic carbocycles. The number of nitrogens with two attached hydrogens (primary N) is 1. The molecule has 2 aromatic heterocycles. The van der Waals surface area contributed by atoms with E-state index in [2.05, 4.69) is 28.9 Å². The fourth-order valence-electron chi connectivity index (χ4n) is 4.22. The number of nitrogens with zero attached hydrogens (tertiary/aromatic N) is 2. The number of thiazole rings is 1. The Bertz CT molecular complexity index is 1100. The number of nitrogens with one attached hydrogen (secondary N) is 2. The molecule has 0 saturated heterocycles. The summed E-state index contributed by atoms with van der Waals surface area (Å²) in [4.78, 5) is 21.7. The van der Waals surface area contributed by atoms with Crippen molar-refractivity contribution in [1.82, 2.24) is 14.7 Å². The van der Waals surface area contributed by atoms with E-state index < -0.39 is 28.5 Å². The Morgan fingerprint density at radius 2 is 2.10 bits per heavy atom. The highest BCUT2D eigenvalue weighted by Gasteiger charge is 2.37. The number of hydrogen-bond donors (Lipinski definition) is 6. The number of pyridine rings is 1. The molecule has 170 valence electrons. The molecule has 4 rings (SSSR count). The fraction of sp³-hybridized carbons (Fsp3) is 0.550. The lowest BCUT2D eigenvalue weighted by Gasteiger charge is -2.23. The van der Waals surface area contributed by atoms with Crippen molar-refractivity contribution in [2.24, 2.45) is 5.14 Å². The van der Waals surface area contributed by atoms with Crippen LogP contribution in [0.3, 0.4) is 0 Å². The maximum absolute atomic E-state index is 13.0. The number of urea groups is 1. The van der Waals surface area contributed by atoms with Crippen LogP contribution in [0.2, 0.25) is 0 Å². The molecule has 11 heteroatoms. The lowest BCUT2D eigenvalue weighted by molar-refractivity contribution is -0.00244. The predicted molar refractivity (Wildman–Crippen MR) is 121 cm³/mol. The van der Waals surface area contributed by atoms with E-state index in [-0.39, 0.29) is 14.6 Å². The van der Waals surface area contributed by atoms with Crippen LogP contribution in [-0.4, -0.2) is 37.0 Å². The SMILES string of the molecule is CC1(C)CCc2c1nc1c(c2NC(=O)N[SH](N)(=O)c2cnc(C(C)(O)CO)s2)CCC1. The van der Waals surface area contributed by atoms with Crippen molar-refractivity contribution in [2.45, 2.75) is 68.1 Å². The highest BCUT2D eigenvalue weighted by Crippen LogP contribution is 2.44. The van der Waals surface area contributed by atoms with E-state index in [1.54, 1.807) is 0 Å². The minimum atomic E-state index is -3.78. The summed E-state index contributed by atoms with van der Waals surface area (Å²) in [5.74, 6) is 0. The van der Waals surface area contributed by atoms with E-state index in [0.717, 1.165) is 71.6 Å². The summed E-state index contributed by atoms with van der Waals surface area (Å²) in [5.41, 5.74) is 3.30. The van der Waals surface area contributed by atoms with Crippen molar-refractivity contribution < 1.29 is 19.2 Å². The van der Waals surface area contributed by atoms with Gasteiger partial charge in [0.25, 0.3) is 0 Å². The second-order valence-electron chi connectivity index (χ2n) is 9.14. The minimum Gasteiger partial charge on any atom is -0.393 e. The number of amides is 2. The number of carbonyl (C=O) groups is 1. The monoisotopic (exact) mass is 467 g/mol. The summed E-state index contributed by atoms with van der Waals surface area (Å²) in [7, 11) is -3.78. The molecule has 1 atom stereocenters. The van der Waals surface area contributed by atoms with Gasteiger partial charge in [-0.05, 0) is 50.2 Å². The number of aliphatic hydroxyl groups excluding tert-OH is 1. The largest absolute Gasteiger partial charge is 0.393 e. The molecule has 2 heterocycles. The van der Waals surface area contributed by atoms with Gasteiger partial charge in [-0.25, -0.2) is 14.0 Å². The van der Waals surface area contributed by atoms with Crippen LogP contribution < -0.4 is 15.2 Å². The van der Waals surface area contributed by atoms with Crippen LogP contribution in [0.25, 0.3) is 0 Å². The highest BCUT2D eigenvalue weighted by atomic mass is 32.3. The Morgan fingerprint density at radius 1 is 1.35 bits per heavy atom.